The molecule has 112 valence electrons. The summed E-state index contributed by atoms with van der Waals surface area (Å²) in [5.74, 6) is -0.510. The molecular weight excluding hydrogens is 367 g/mol. The lowest BCUT2D eigenvalue weighted by molar-refractivity contribution is -0.116. The Balaban J connectivity index is 1.73. The highest BCUT2D eigenvalue weighted by Gasteiger charge is 2.27. The average molecular weight is 379 g/mol. The number of carbonyl (C=O) groups excluding carboxylic acids is 1. The van der Waals surface area contributed by atoms with Crippen molar-refractivity contribution in [2.45, 2.75) is 5.50 Å². The predicted molar refractivity (Wildman–Crippen MR) is 91.7 cm³/mol. The first-order chi connectivity index (χ1) is 10.6. The molecule has 1 unspecified atom stereocenters. The molecule has 3 rings (SSSR count). The molecule has 1 atom stereocenters. The zero-order chi connectivity index (χ0) is 15.5. The highest BCUT2D eigenvalue weighted by atomic mass is 79.9. The molecule has 1 aliphatic heterocycles. The Morgan fingerprint density at radius 1 is 1.18 bits per heavy atom. The fraction of sp³-hybridized carbons (Fsp3) is 0.0625. The van der Waals surface area contributed by atoms with E-state index in [1.165, 1.54) is 17.8 Å². The molecule has 0 aliphatic carbocycles. The maximum atomic E-state index is 13.6. The van der Waals surface area contributed by atoms with E-state index in [4.69, 9.17) is 0 Å². The van der Waals surface area contributed by atoms with E-state index >= 15 is 0 Å². The fourth-order valence-electron chi connectivity index (χ4n) is 2.00. The van der Waals surface area contributed by atoms with Crippen LogP contribution in [-0.2, 0) is 4.79 Å². The quantitative estimate of drug-likeness (QED) is 0.786. The summed E-state index contributed by atoms with van der Waals surface area (Å²) >= 11 is 4.71. The van der Waals surface area contributed by atoms with Crippen molar-refractivity contribution in [3.8, 4) is 0 Å². The van der Waals surface area contributed by atoms with E-state index < -0.39 is 0 Å². The van der Waals surface area contributed by atoms with Gasteiger partial charge in [0.15, 0.2) is 5.50 Å². The molecule has 22 heavy (non-hydrogen) atoms. The lowest BCUT2D eigenvalue weighted by Crippen LogP contribution is -2.31. The Hall–Kier alpha value is -1.79. The Labute approximate surface area is 140 Å². The third-order valence-electron chi connectivity index (χ3n) is 3.06. The largest absolute Gasteiger partial charge is 0.354 e. The molecule has 2 N–H and O–H groups in total. The summed E-state index contributed by atoms with van der Waals surface area (Å²) in [5.41, 5.74) is 0.920. The van der Waals surface area contributed by atoms with Crippen molar-refractivity contribution < 1.29 is 9.18 Å². The van der Waals surface area contributed by atoms with Gasteiger partial charge in [-0.1, -0.05) is 52.0 Å². The minimum absolute atomic E-state index is 0.165. The number of anilines is 1. The first-order valence-corrected chi connectivity index (χ1v) is 8.25. The van der Waals surface area contributed by atoms with Gasteiger partial charge in [-0.3, -0.25) is 4.79 Å². The van der Waals surface area contributed by atoms with Crippen LogP contribution in [-0.4, -0.2) is 11.4 Å². The summed E-state index contributed by atoms with van der Waals surface area (Å²) in [7, 11) is 0. The number of amides is 1. The fourth-order valence-corrected chi connectivity index (χ4v) is 3.24. The van der Waals surface area contributed by atoms with E-state index in [-0.39, 0.29) is 17.2 Å². The van der Waals surface area contributed by atoms with E-state index in [1.54, 1.807) is 18.2 Å². The average Bonchev–Trinajstić information content (AvgIpc) is 2.84. The molecule has 0 aromatic heterocycles. The van der Waals surface area contributed by atoms with Crippen LogP contribution in [0.2, 0.25) is 0 Å². The van der Waals surface area contributed by atoms with Crippen LogP contribution in [0.25, 0.3) is 6.08 Å². The van der Waals surface area contributed by atoms with Gasteiger partial charge in [-0.25, -0.2) is 4.39 Å². The lowest BCUT2D eigenvalue weighted by atomic mass is 10.2. The number of rotatable bonds is 3. The van der Waals surface area contributed by atoms with Gasteiger partial charge in [0.05, 0.1) is 10.6 Å². The topological polar surface area (TPSA) is 41.1 Å². The Kier molecular flexibility index (Phi) is 4.49. The number of hydrogen-bond donors (Lipinski definition) is 2. The number of halogens is 2. The standard InChI is InChI=1S/C16H12BrFN2OS/c17-11-7-5-10(6-8-11)9-14-15(21)20-16(22-14)19-13-4-2-1-3-12(13)18/h1-9,16,19H,(H,20,21)/b14-9-. The summed E-state index contributed by atoms with van der Waals surface area (Å²) in [6, 6.07) is 14.1. The van der Waals surface area contributed by atoms with E-state index in [1.807, 2.05) is 30.3 Å². The SMILES string of the molecule is O=C1NC(Nc2ccccc2F)S/C1=C\c1ccc(Br)cc1. The van der Waals surface area contributed by atoms with Crippen molar-refractivity contribution in [1.29, 1.82) is 0 Å². The van der Waals surface area contributed by atoms with E-state index in [0.717, 1.165) is 10.0 Å². The Bertz CT molecular complexity index is 733. The third-order valence-corrected chi connectivity index (χ3v) is 4.62. The van der Waals surface area contributed by atoms with Crippen molar-refractivity contribution in [1.82, 2.24) is 5.32 Å². The Morgan fingerprint density at radius 2 is 1.91 bits per heavy atom. The van der Waals surface area contributed by atoms with Crippen LogP contribution in [0.3, 0.4) is 0 Å². The van der Waals surface area contributed by atoms with Crippen LogP contribution in [0, 0.1) is 5.82 Å². The van der Waals surface area contributed by atoms with Crippen molar-refractivity contribution in [2.24, 2.45) is 0 Å². The molecular formula is C16H12BrFN2OS. The molecule has 0 radical (unpaired) electrons. The summed E-state index contributed by atoms with van der Waals surface area (Å²) in [4.78, 5) is 12.6. The maximum Gasteiger partial charge on any atom is 0.260 e. The first-order valence-electron chi connectivity index (χ1n) is 6.58. The summed E-state index contributed by atoms with van der Waals surface area (Å²) in [6.45, 7) is 0. The number of thioether (sulfide) groups is 1. The summed E-state index contributed by atoms with van der Waals surface area (Å²) < 4.78 is 14.6. The molecule has 3 nitrogen and oxygen atoms in total. The third kappa shape index (κ3) is 3.51. The van der Waals surface area contributed by atoms with Crippen LogP contribution in [0.5, 0.6) is 0 Å². The molecule has 0 spiro atoms. The van der Waals surface area contributed by atoms with Gasteiger partial charge in [0.1, 0.15) is 5.82 Å². The van der Waals surface area contributed by atoms with E-state index in [0.29, 0.717) is 10.6 Å². The molecule has 1 saturated heterocycles. The van der Waals surface area contributed by atoms with Crippen LogP contribution in [0.4, 0.5) is 10.1 Å². The minimum Gasteiger partial charge on any atom is -0.354 e. The molecule has 1 aliphatic rings. The lowest BCUT2D eigenvalue weighted by Gasteiger charge is -2.12. The van der Waals surface area contributed by atoms with Gasteiger partial charge < -0.3 is 10.6 Å². The molecule has 1 heterocycles. The zero-order valence-electron chi connectivity index (χ0n) is 11.3. The number of carbonyl (C=O) groups is 1. The minimum atomic E-state index is -0.383. The van der Waals surface area contributed by atoms with Gasteiger partial charge in [0.25, 0.3) is 5.91 Å². The highest BCUT2D eigenvalue weighted by Crippen LogP contribution is 2.30. The second-order valence-corrected chi connectivity index (χ2v) is 6.72. The van der Waals surface area contributed by atoms with Gasteiger partial charge in [0.2, 0.25) is 0 Å². The molecule has 2 aromatic carbocycles. The van der Waals surface area contributed by atoms with E-state index in [9.17, 15) is 9.18 Å². The van der Waals surface area contributed by atoms with Gasteiger partial charge in [-0.05, 0) is 35.9 Å². The van der Waals surface area contributed by atoms with E-state index in [2.05, 4.69) is 26.6 Å². The number of hydrogen-bond acceptors (Lipinski definition) is 3. The smallest absolute Gasteiger partial charge is 0.260 e. The van der Waals surface area contributed by atoms with Gasteiger partial charge in [-0.2, -0.15) is 0 Å². The molecule has 6 heteroatoms. The van der Waals surface area contributed by atoms with Crippen molar-refractivity contribution in [3.63, 3.8) is 0 Å². The zero-order valence-corrected chi connectivity index (χ0v) is 13.7. The van der Waals surface area contributed by atoms with Gasteiger partial charge in [-0.15, -0.1) is 0 Å². The summed E-state index contributed by atoms with van der Waals surface area (Å²) in [5, 5.41) is 5.75. The number of para-hydroxylation sites is 1. The van der Waals surface area contributed by atoms with Crippen molar-refractivity contribution in [2.75, 3.05) is 5.32 Å². The van der Waals surface area contributed by atoms with Crippen molar-refractivity contribution in [3.05, 3.63) is 69.3 Å². The second kappa shape index (κ2) is 6.54. The first kappa shape index (κ1) is 15.1. The predicted octanol–water partition coefficient (Wildman–Crippen LogP) is 4.19. The summed E-state index contributed by atoms with van der Waals surface area (Å²) in [6.07, 6.45) is 1.81. The molecule has 0 saturated carbocycles. The van der Waals surface area contributed by atoms with Crippen LogP contribution in [0.15, 0.2) is 57.9 Å². The molecule has 1 amide bonds. The molecule has 0 bridgehead atoms. The van der Waals surface area contributed by atoms with Crippen LogP contribution < -0.4 is 10.6 Å². The normalized spacial score (nSPS) is 19.3. The molecule has 1 fully saturated rings. The monoisotopic (exact) mass is 378 g/mol. The van der Waals surface area contributed by atoms with Gasteiger partial charge in [0, 0.05) is 4.47 Å². The van der Waals surface area contributed by atoms with Crippen LogP contribution in [0.1, 0.15) is 5.56 Å². The highest BCUT2D eigenvalue weighted by molar-refractivity contribution is 9.10. The van der Waals surface area contributed by atoms with Crippen molar-refractivity contribution >= 4 is 45.4 Å². The second-order valence-electron chi connectivity index (χ2n) is 4.66. The Morgan fingerprint density at radius 3 is 2.64 bits per heavy atom. The van der Waals surface area contributed by atoms with Gasteiger partial charge >= 0.3 is 0 Å². The maximum absolute atomic E-state index is 13.6. The number of benzene rings is 2. The number of nitrogens with one attached hydrogen (secondary N) is 2. The molecule has 2 aromatic rings. The van der Waals surface area contributed by atoms with Crippen LogP contribution >= 0.6 is 27.7 Å².